The lowest BCUT2D eigenvalue weighted by Gasteiger charge is -2.46. The average Bonchev–Trinajstić information content (AvgIpc) is 4.07. The summed E-state index contributed by atoms with van der Waals surface area (Å²) in [6, 6.07) is 60.3. The molecule has 0 aliphatic carbocycles. The van der Waals surface area contributed by atoms with Crippen molar-refractivity contribution >= 4 is 101 Å². The summed E-state index contributed by atoms with van der Waals surface area (Å²) in [6.45, 7) is 32.5. The van der Waals surface area contributed by atoms with E-state index in [0.29, 0.717) is 0 Å². The predicted molar refractivity (Wildman–Crippen MR) is 327 cm³/mol. The molecule has 0 spiro atoms. The minimum Gasteiger partial charge on any atom is -0.455 e. The van der Waals surface area contributed by atoms with Crippen LogP contribution in [0.3, 0.4) is 0 Å². The highest BCUT2D eigenvalue weighted by Gasteiger charge is 2.45. The third kappa shape index (κ3) is 7.25. The number of fused-ring (bicyclic) bond motifs is 10. The molecule has 0 saturated heterocycles. The first-order chi connectivity index (χ1) is 36.2. The molecule has 13 rings (SSSR count). The number of furan rings is 1. The van der Waals surface area contributed by atoms with Gasteiger partial charge in [0, 0.05) is 55.5 Å². The van der Waals surface area contributed by atoms with Crippen LogP contribution in [0.25, 0.3) is 60.6 Å². The van der Waals surface area contributed by atoms with E-state index in [-0.39, 0.29) is 23.0 Å². The second-order valence-electron chi connectivity index (χ2n) is 25.4. The summed E-state index contributed by atoms with van der Waals surface area (Å²) in [5, 5.41) is 4.82. The zero-order valence-corrected chi connectivity index (χ0v) is 46.8. The number of rotatable bonds is 4. The lowest BCUT2D eigenvalue weighted by atomic mass is 9.33. The van der Waals surface area contributed by atoms with Gasteiger partial charge in [0.1, 0.15) is 11.2 Å². The van der Waals surface area contributed by atoms with Crippen molar-refractivity contribution in [2.75, 3.05) is 9.80 Å². The fourth-order valence-electron chi connectivity index (χ4n) is 13.1. The van der Waals surface area contributed by atoms with E-state index in [9.17, 15) is 0 Å². The van der Waals surface area contributed by atoms with Gasteiger partial charge >= 0.3 is 0 Å². The summed E-state index contributed by atoms with van der Waals surface area (Å²) in [4.78, 5) is 5.30. The van der Waals surface area contributed by atoms with E-state index in [1.807, 2.05) is 0 Å². The molecule has 4 heterocycles. The molecule has 0 amide bonds. The van der Waals surface area contributed by atoms with Gasteiger partial charge in [0.25, 0.3) is 6.71 Å². The van der Waals surface area contributed by atoms with Gasteiger partial charge < -0.3 is 18.8 Å². The molecule has 0 saturated carbocycles. The smallest absolute Gasteiger partial charge is 0.252 e. The summed E-state index contributed by atoms with van der Waals surface area (Å²) in [5.41, 5.74) is 29.2. The first kappa shape index (κ1) is 47.9. The molecule has 9 aromatic carbocycles. The molecule has 376 valence electrons. The molecule has 11 aromatic rings. The number of hydrogen-bond donors (Lipinski definition) is 0. The van der Waals surface area contributed by atoms with E-state index in [1.165, 1.54) is 117 Å². The fraction of sp³-hybridized carbons (Fsp3) is 0.239. The Kier molecular flexibility index (Phi) is 10.5. The molecule has 2 aliphatic rings. The third-order valence-corrected chi connectivity index (χ3v) is 16.9. The minimum atomic E-state index is -0.0785. The fourth-order valence-corrected chi connectivity index (χ4v) is 13.1. The van der Waals surface area contributed by atoms with Crippen LogP contribution in [-0.2, 0) is 16.2 Å². The monoisotopic (exact) mass is 990 g/mol. The van der Waals surface area contributed by atoms with Gasteiger partial charge in [-0.2, -0.15) is 0 Å². The first-order valence-corrected chi connectivity index (χ1v) is 27.4. The molecule has 76 heavy (non-hydrogen) atoms. The van der Waals surface area contributed by atoms with Crippen molar-refractivity contribution in [3.05, 3.63) is 202 Å². The molecule has 0 N–H and O–H groups in total. The van der Waals surface area contributed by atoms with Gasteiger partial charge in [0.05, 0.1) is 22.4 Å². The summed E-state index contributed by atoms with van der Waals surface area (Å²) in [7, 11) is 0. The maximum Gasteiger partial charge on any atom is 0.252 e. The lowest BCUT2D eigenvalue weighted by Crippen LogP contribution is -2.61. The topological polar surface area (TPSA) is 24.6 Å². The Hall–Kier alpha value is -7.76. The van der Waals surface area contributed by atoms with Crippen molar-refractivity contribution in [3.8, 4) is 16.8 Å². The van der Waals surface area contributed by atoms with Crippen molar-refractivity contribution in [1.29, 1.82) is 0 Å². The predicted octanol–water partition coefficient (Wildman–Crippen LogP) is 17.9. The van der Waals surface area contributed by atoms with Crippen LogP contribution in [0.5, 0.6) is 0 Å². The largest absolute Gasteiger partial charge is 0.455 e. The summed E-state index contributed by atoms with van der Waals surface area (Å²) >= 11 is 0. The summed E-state index contributed by atoms with van der Waals surface area (Å²) in [5.74, 6) is 0. The normalized spacial score (nSPS) is 13.6. The van der Waals surface area contributed by atoms with E-state index in [1.54, 1.807) is 0 Å². The third-order valence-electron chi connectivity index (χ3n) is 16.9. The van der Waals surface area contributed by atoms with Crippen molar-refractivity contribution < 1.29 is 4.42 Å². The Morgan fingerprint density at radius 2 is 0.961 bits per heavy atom. The maximum absolute atomic E-state index is 6.65. The van der Waals surface area contributed by atoms with Gasteiger partial charge in [0.15, 0.2) is 0 Å². The zero-order valence-electron chi connectivity index (χ0n) is 46.8. The van der Waals surface area contributed by atoms with Crippen LogP contribution in [0, 0.1) is 34.6 Å². The second kappa shape index (κ2) is 16.6. The second-order valence-corrected chi connectivity index (χ2v) is 25.4. The van der Waals surface area contributed by atoms with E-state index in [2.05, 4.69) is 269 Å². The first-order valence-electron chi connectivity index (χ1n) is 27.4. The van der Waals surface area contributed by atoms with Crippen LogP contribution in [0.4, 0.5) is 34.1 Å². The van der Waals surface area contributed by atoms with Crippen LogP contribution >= 0.6 is 0 Å². The van der Waals surface area contributed by atoms with Gasteiger partial charge in [0.2, 0.25) is 0 Å². The highest BCUT2D eigenvalue weighted by molar-refractivity contribution is 7.00. The van der Waals surface area contributed by atoms with Crippen molar-refractivity contribution in [1.82, 2.24) is 4.57 Å². The number of anilines is 6. The standard InChI is InChI=1S/C71H68BN3O/c1-41-31-62-65-63(32-41)75(67-44(4)35-49(36-45(67)5)71(12,13)14)61-40-59-55(52-29-27-47(69(6,7)8)37-58(52)73(59)50-21-16-15-17-22-50)39-57(61)72(65)56-30-28-48(70(9,10)11)38-60(56)74(62)66-42(2)33-46(34-43(66)3)51-24-20-25-54-53-23-18-19-26-64(53)76-68(51)54/h15-40H,1-14H3. The zero-order chi connectivity index (χ0) is 53.1. The molecule has 2 aliphatic heterocycles. The van der Waals surface area contributed by atoms with Gasteiger partial charge in [-0.1, -0.05) is 159 Å². The number of aryl methyl sites for hydroxylation is 5. The van der Waals surface area contributed by atoms with Gasteiger partial charge in [-0.3, -0.25) is 0 Å². The van der Waals surface area contributed by atoms with E-state index >= 15 is 0 Å². The van der Waals surface area contributed by atoms with Crippen LogP contribution < -0.4 is 26.2 Å². The van der Waals surface area contributed by atoms with Crippen LogP contribution in [0.15, 0.2) is 162 Å². The molecule has 4 nitrogen and oxygen atoms in total. The van der Waals surface area contributed by atoms with Crippen LogP contribution in [0.1, 0.15) is 107 Å². The highest BCUT2D eigenvalue weighted by Crippen LogP contribution is 2.51. The van der Waals surface area contributed by atoms with E-state index in [4.69, 9.17) is 4.42 Å². The number of aromatic nitrogens is 1. The molecule has 0 radical (unpaired) electrons. The average molecular weight is 990 g/mol. The molecule has 0 unspecified atom stereocenters. The number of nitrogens with zero attached hydrogens (tertiary/aromatic N) is 3. The summed E-state index contributed by atoms with van der Waals surface area (Å²) < 4.78 is 9.17. The van der Waals surface area contributed by atoms with E-state index < -0.39 is 0 Å². The Bertz CT molecular complexity index is 4200. The molecule has 2 aromatic heterocycles. The summed E-state index contributed by atoms with van der Waals surface area (Å²) in [6.07, 6.45) is 0. The number of hydrogen-bond acceptors (Lipinski definition) is 3. The lowest BCUT2D eigenvalue weighted by molar-refractivity contribution is 0.589. The van der Waals surface area contributed by atoms with Crippen molar-refractivity contribution in [3.63, 3.8) is 0 Å². The van der Waals surface area contributed by atoms with Gasteiger partial charge in [-0.05, 0) is 178 Å². The number of benzene rings is 9. The van der Waals surface area contributed by atoms with Crippen molar-refractivity contribution in [2.45, 2.75) is 113 Å². The van der Waals surface area contributed by atoms with E-state index in [0.717, 1.165) is 38.8 Å². The van der Waals surface area contributed by atoms with Gasteiger partial charge in [-0.25, -0.2) is 0 Å². The molecule has 0 bridgehead atoms. The maximum atomic E-state index is 6.65. The quantitative estimate of drug-likeness (QED) is 0.164. The van der Waals surface area contributed by atoms with Crippen molar-refractivity contribution in [2.24, 2.45) is 0 Å². The Morgan fingerprint density at radius 3 is 1.61 bits per heavy atom. The number of para-hydroxylation sites is 3. The molecular formula is C71H68BN3O. The molecule has 0 fully saturated rings. The SMILES string of the molecule is Cc1cc2c3c(c1)N(c1c(C)cc(C(C)(C)C)cc1C)c1cc4c(cc1B3c1ccc(C(C)(C)C)cc1N2c1c(C)cc(-c2cccc3c2oc2ccccc23)cc1C)c1ccc(C(C)(C)C)cc1n4-c1ccccc1. The van der Waals surface area contributed by atoms with Crippen LogP contribution in [-0.4, -0.2) is 11.3 Å². The Labute approximate surface area is 449 Å². The highest BCUT2D eigenvalue weighted by atomic mass is 16.3. The molecule has 0 atom stereocenters. The van der Waals surface area contributed by atoms with Crippen LogP contribution in [0.2, 0.25) is 0 Å². The Balaban J connectivity index is 1.13. The minimum absolute atomic E-state index is 0.00386. The van der Waals surface area contributed by atoms with Gasteiger partial charge in [-0.15, -0.1) is 0 Å². The molecular weight excluding hydrogens is 922 g/mol. The molecule has 5 heteroatoms. The Morgan fingerprint density at radius 1 is 0.408 bits per heavy atom.